The van der Waals surface area contributed by atoms with Gasteiger partial charge in [0, 0.05) is 16.8 Å². The van der Waals surface area contributed by atoms with Gasteiger partial charge in [-0.3, -0.25) is 9.59 Å². The van der Waals surface area contributed by atoms with Crippen molar-refractivity contribution >= 4 is 28.4 Å². The molecule has 5 nitrogen and oxygen atoms in total. The lowest BCUT2D eigenvalue weighted by Crippen LogP contribution is -2.31. The number of nitrogens with zero attached hydrogens (tertiary/aromatic N) is 2. The van der Waals surface area contributed by atoms with Gasteiger partial charge >= 0.3 is 0 Å². The minimum atomic E-state index is -0.310. The molecule has 3 aromatic carbocycles. The largest absolute Gasteiger partial charge is 0.351 e. The first-order chi connectivity index (χ1) is 15.6. The van der Waals surface area contributed by atoms with Crippen LogP contribution < -0.4 is 10.9 Å². The highest BCUT2D eigenvalue weighted by Crippen LogP contribution is 2.19. The van der Waals surface area contributed by atoms with Crippen LogP contribution in [0.15, 0.2) is 88.6 Å². The molecule has 4 rings (SSSR count). The predicted octanol–water partition coefficient (Wildman–Crippen LogP) is 4.50. The molecule has 0 atom stereocenters. The monoisotopic (exact) mass is 447 g/mol. The van der Waals surface area contributed by atoms with Crippen LogP contribution in [0, 0.1) is 5.82 Å². The Labute approximate surface area is 189 Å². The summed E-state index contributed by atoms with van der Waals surface area (Å²) in [6.07, 6.45) is 0.745. The van der Waals surface area contributed by atoms with Gasteiger partial charge in [0.2, 0.25) is 0 Å². The first-order valence-corrected chi connectivity index (χ1v) is 11.3. The molecular weight excluding hydrogens is 425 g/mol. The fourth-order valence-corrected chi connectivity index (χ4v) is 4.20. The van der Waals surface area contributed by atoms with E-state index in [-0.39, 0.29) is 23.0 Å². The second kappa shape index (κ2) is 10.2. The predicted molar refractivity (Wildman–Crippen MR) is 126 cm³/mol. The summed E-state index contributed by atoms with van der Waals surface area (Å²) in [6.45, 7) is 0.764. The lowest BCUT2D eigenvalue weighted by atomic mass is 10.1. The van der Waals surface area contributed by atoms with Crippen LogP contribution in [0.25, 0.3) is 10.8 Å². The number of thioether (sulfide) groups is 1. The second-order valence-corrected chi connectivity index (χ2v) is 8.42. The number of halogens is 1. The standard InChI is InChI=1S/C25H22FN3O2S/c26-19-11-13-20(14-12-19)32-16-6-15-27-24(30)23-21-9-4-5-10-22(21)25(31)29(28-23)17-18-7-2-1-3-8-18/h1-5,7-14H,6,15-17H2,(H,27,30). The van der Waals surface area contributed by atoms with Crippen molar-refractivity contribution in [2.75, 3.05) is 12.3 Å². The van der Waals surface area contributed by atoms with E-state index in [0.717, 1.165) is 22.6 Å². The van der Waals surface area contributed by atoms with Crippen molar-refractivity contribution in [1.82, 2.24) is 15.1 Å². The average Bonchev–Trinajstić information content (AvgIpc) is 2.82. The third-order valence-corrected chi connectivity index (χ3v) is 6.05. The van der Waals surface area contributed by atoms with Gasteiger partial charge in [-0.2, -0.15) is 5.10 Å². The summed E-state index contributed by atoms with van der Waals surface area (Å²) in [5.41, 5.74) is 0.945. The van der Waals surface area contributed by atoms with E-state index in [4.69, 9.17) is 0 Å². The Hall–Kier alpha value is -3.45. The maximum atomic E-state index is 13.0. The van der Waals surface area contributed by atoms with E-state index in [1.165, 1.54) is 16.8 Å². The Morgan fingerprint density at radius 2 is 1.62 bits per heavy atom. The van der Waals surface area contributed by atoms with Crippen molar-refractivity contribution < 1.29 is 9.18 Å². The first kappa shape index (κ1) is 21.8. The van der Waals surface area contributed by atoms with Gasteiger partial charge in [-0.15, -0.1) is 11.8 Å². The van der Waals surface area contributed by atoms with E-state index in [1.54, 1.807) is 48.2 Å². The second-order valence-electron chi connectivity index (χ2n) is 7.25. The molecule has 0 saturated carbocycles. The van der Waals surface area contributed by atoms with Gasteiger partial charge in [0.05, 0.1) is 11.9 Å². The van der Waals surface area contributed by atoms with E-state index in [9.17, 15) is 14.0 Å². The highest BCUT2D eigenvalue weighted by molar-refractivity contribution is 7.99. The van der Waals surface area contributed by atoms with Gasteiger partial charge in [-0.25, -0.2) is 9.07 Å². The molecule has 0 aliphatic carbocycles. The Balaban J connectivity index is 1.46. The van der Waals surface area contributed by atoms with Crippen molar-refractivity contribution in [3.63, 3.8) is 0 Å². The molecular formula is C25H22FN3O2S. The Kier molecular flexibility index (Phi) is 6.97. The van der Waals surface area contributed by atoms with E-state index in [2.05, 4.69) is 10.4 Å². The number of aromatic nitrogens is 2. The normalized spacial score (nSPS) is 10.9. The highest BCUT2D eigenvalue weighted by Gasteiger charge is 2.16. The smallest absolute Gasteiger partial charge is 0.274 e. The molecule has 1 amide bonds. The zero-order chi connectivity index (χ0) is 22.3. The molecule has 0 radical (unpaired) electrons. The molecule has 7 heteroatoms. The zero-order valence-electron chi connectivity index (χ0n) is 17.3. The first-order valence-electron chi connectivity index (χ1n) is 10.3. The quantitative estimate of drug-likeness (QED) is 0.319. The van der Waals surface area contributed by atoms with Crippen molar-refractivity contribution in [2.45, 2.75) is 17.9 Å². The van der Waals surface area contributed by atoms with Crippen molar-refractivity contribution in [3.8, 4) is 0 Å². The molecule has 4 aromatic rings. The van der Waals surface area contributed by atoms with Crippen LogP contribution in [-0.2, 0) is 6.54 Å². The third-order valence-electron chi connectivity index (χ3n) is 4.95. The maximum Gasteiger partial charge on any atom is 0.274 e. The number of fused-ring (bicyclic) bond motifs is 1. The summed E-state index contributed by atoms with van der Waals surface area (Å²) < 4.78 is 14.3. The minimum absolute atomic E-state index is 0.225. The summed E-state index contributed by atoms with van der Waals surface area (Å²) in [4.78, 5) is 26.8. The molecule has 1 heterocycles. The summed E-state index contributed by atoms with van der Waals surface area (Å²) in [6, 6.07) is 22.9. The van der Waals surface area contributed by atoms with Crippen molar-refractivity contribution in [1.29, 1.82) is 0 Å². The van der Waals surface area contributed by atoms with Gasteiger partial charge in [0.25, 0.3) is 11.5 Å². The molecule has 32 heavy (non-hydrogen) atoms. The SMILES string of the molecule is O=C(NCCCSc1ccc(F)cc1)c1nn(Cc2ccccc2)c(=O)c2ccccc12. The molecule has 0 aliphatic heterocycles. The highest BCUT2D eigenvalue weighted by atomic mass is 32.2. The molecule has 0 aliphatic rings. The average molecular weight is 448 g/mol. The van der Waals surface area contributed by atoms with E-state index in [1.807, 2.05) is 30.3 Å². The van der Waals surface area contributed by atoms with Gasteiger partial charge in [0.1, 0.15) is 5.82 Å². The van der Waals surface area contributed by atoms with Gasteiger partial charge in [-0.05, 0) is 48.1 Å². The van der Waals surface area contributed by atoms with Crippen LogP contribution in [-0.4, -0.2) is 28.0 Å². The Morgan fingerprint density at radius 3 is 2.38 bits per heavy atom. The van der Waals surface area contributed by atoms with Gasteiger partial charge < -0.3 is 5.32 Å². The molecule has 0 fully saturated rings. The molecule has 162 valence electrons. The molecule has 0 bridgehead atoms. The number of nitrogens with one attached hydrogen (secondary N) is 1. The summed E-state index contributed by atoms with van der Waals surface area (Å²) >= 11 is 1.61. The van der Waals surface area contributed by atoms with Crippen LogP contribution in [0.4, 0.5) is 4.39 Å². The Morgan fingerprint density at radius 1 is 0.938 bits per heavy atom. The van der Waals surface area contributed by atoms with E-state index in [0.29, 0.717) is 23.9 Å². The molecule has 0 saturated heterocycles. The molecule has 1 N–H and O–H groups in total. The van der Waals surface area contributed by atoms with Crippen LogP contribution >= 0.6 is 11.8 Å². The zero-order valence-corrected chi connectivity index (χ0v) is 18.1. The van der Waals surface area contributed by atoms with Crippen molar-refractivity contribution in [2.24, 2.45) is 0 Å². The van der Waals surface area contributed by atoms with Crippen LogP contribution in [0.1, 0.15) is 22.5 Å². The summed E-state index contributed by atoms with van der Waals surface area (Å²) in [5, 5.41) is 8.32. The molecule has 0 unspecified atom stereocenters. The summed E-state index contributed by atoms with van der Waals surface area (Å²) in [5.74, 6) is 0.220. The number of hydrogen-bond acceptors (Lipinski definition) is 4. The number of amides is 1. The number of benzene rings is 3. The number of rotatable bonds is 8. The minimum Gasteiger partial charge on any atom is -0.351 e. The Bertz CT molecular complexity index is 1270. The number of carbonyl (C=O) groups is 1. The third kappa shape index (κ3) is 5.23. The van der Waals surface area contributed by atoms with Gasteiger partial charge in [-0.1, -0.05) is 48.5 Å². The maximum absolute atomic E-state index is 13.0. The lowest BCUT2D eigenvalue weighted by Gasteiger charge is -2.11. The topological polar surface area (TPSA) is 64.0 Å². The number of carbonyl (C=O) groups excluding carboxylic acids is 1. The van der Waals surface area contributed by atoms with Crippen LogP contribution in [0.5, 0.6) is 0 Å². The summed E-state index contributed by atoms with van der Waals surface area (Å²) in [7, 11) is 0. The van der Waals surface area contributed by atoms with E-state index >= 15 is 0 Å². The molecule has 1 aromatic heterocycles. The lowest BCUT2D eigenvalue weighted by molar-refractivity contribution is 0.0948. The fraction of sp³-hybridized carbons (Fsp3) is 0.160. The van der Waals surface area contributed by atoms with Crippen LogP contribution in [0.3, 0.4) is 0 Å². The number of hydrogen-bond donors (Lipinski definition) is 1. The van der Waals surface area contributed by atoms with E-state index < -0.39 is 0 Å². The molecule has 0 spiro atoms. The van der Waals surface area contributed by atoms with Crippen LogP contribution in [0.2, 0.25) is 0 Å². The van der Waals surface area contributed by atoms with Gasteiger partial charge in [0.15, 0.2) is 5.69 Å². The van der Waals surface area contributed by atoms with Crippen molar-refractivity contribution in [3.05, 3.63) is 106 Å². The fourth-order valence-electron chi connectivity index (χ4n) is 3.35.